The van der Waals surface area contributed by atoms with Crippen LogP contribution >= 0.6 is 0 Å². The number of amides is 1. The minimum absolute atomic E-state index is 0.0559. The summed E-state index contributed by atoms with van der Waals surface area (Å²) in [5.41, 5.74) is 0. The average molecular weight is 295 g/mol. The molecule has 1 aliphatic rings. The number of hydrogen-bond acceptors (Lipinski definition) is 5. The number of nitrogens with zero attached hydrogens (tertiary/aromatic N) is 1. The van der Waals surface area contributed by atoms with Crippen molar-refractivity contribution in [1.29, 1.82) is 0 Å². The van der Waals surface area contributed by atoms with Crippen LogP contribution in [-0.4, -0.2) is 55.9 Å². The smallest absolute Gasteiger partial charge is 0.260 e. The number of carbonyl (C=O) groups excluding carboxylic acids is 1. The van der Waals surface area contributed by atoms with E-state index in [0.717, 1.165) is 0 Å². The summed E-state index contributed by atoms with van der Waals surface area (Å²) >= 11 is 0. The first-order chi connectivity index (χ1) is 10.2. The summed E-state index contributed by atoms with van der Waals surface area (Å²) in [5.74, 6) is 1.42. The lowest BCUT2D eigenvalue weighted by Gasteiger charge is -2.29. The molecule has 0 aromatic heterocycles. The van der Waals surface area contributed by atoms with Crippen LogP contribution in [0.25, 0.3) is 0 Å². The van der Waals surface area contributed by atoms with E-state index in [-0.39, 0.29) is 18.6 Å². The van der Waals surface area contributed by atoms with Crippen molar-refractivity contribution in [1.82, 2.24) is 4.90 Å². The van der Waals surface area contributed by atoms with Gasteiger partial charge in [0.15, 0.2) is 18.1 Å². The SMILES string of the molecule is COc1cccc(OCC(=O)N2CCC(O)CC2)c1OC. The van der Waals surface area contributed by atoms with Gasteiger partial charge in [-0.2, -0.15) is 0 Å². The van der Waals surface area contributed by atoms with E-state index in [1.165, 1.54) is 7.11 Å². The molecule has 21 heavy (non-hydrogen) atoms. The van der Waals surface area contributed by atoms with Crippen molar-refractivity contribution in [2.75, 3.05) is 33.9 Å². The highest BCUT2D eigenvalue weighted by atomic mass is 16.5. The number of hydrogen-bond donors (Lipinski definition) is 1. The molecule has 0 spiro atoms. The highest BCUT2D eigenvalue weighted by molar-refractivity contribution is 5.78. The van der Waals surface area contributed by atoms with E-state index in [1.54, 1.807) is 30.2 Å². The van der Waals surface area contributed by atoms with Crippen molar-refractivity contribution < 1.29 is 24.1 Å². The molecule has 116 valence electrons. The number of likely N-dealkylation sites (tertiary alicyclic amines) is 1. The Balaban J connectivity index is 1.95. The zero-order chi connectivity index (χ0) is 15.2. The number of para-hydroxylation sites is 1. The first-order valence-electron chi connectivity index (χ1n) is 6.95. The molecular formula is C15H21NO5. The summed E-state index contributed by atoms with van der Waals surface area (Å²) in [6.07, 6.45) is 0.941. The maximum atomic E-state index is 12.1. The molecule has 1 saturated heterocycles. The molecule has 1 amide bonds. The van der Waals surface area contributed by atoms with Crippen LogP contribution in [-0.2, 0) is 4.79 Å². The zero-order valence-corrected chi connectivity index (χ0v) is 12.4. The van der Waals surface area contributed by atoms with E-state index in [0.29, 0.717) is 43.2 Å². The molecule has 6 heteroatoms. The van der Waals surface area contributed by atoms with Crippen LogP contribution in [0.2, 0.25) is 0 Å². The van der Waals surface area contributed by atoms with E-state index in [2.05, 4.69) is 0 Å². The van der Waals surface area contributed by atoms with Crippen LogP contribution in [0.1, 0.15) is 12.8 Å². The summed E-state index contributed by atoms with van der Waals surface area (Å²) in [6, 6.07) is 5.27. The Bertz CT molecular complexity index is 483. The summed E-state index contributed by atoms with van der Waals surface area (Å²) in [7, 11) is 3.07. The molecule has 0 unspecified atom stereocenters. The molecule has 6 nitrogen and oxygen atoms in total. The first-order valence-corrected chi connectivity index (χ1v) is 6.95. The summed E-state index contributed by atoms with van der Waals surface area (Å²) in [5, 5.41) is 9.44. The number of methoxy groups -OCH3 is 2. The van der Waals surface area contributed by atoms with E-state index in [4.69, 9.17) is 14.2 Å². The second-order valence-electron chi connectivity index (χ2n) is 4.89. The van der Waals surface area contributed by atoms with Crippen molar-refractivity contribution in [2.45, 2.75) is 18.9 Å². The van der Waals surface area contributed by atoms with E-state index in [9.17, 15) is 9.90 Å². The third-order valence-electron chi connectivity index (χ3n) is 3.54. The van der Waals surface area contributed by atoms with Gasteiger partial charge in [0.25, 0.3) is 5.91 Å². The van der Waals surface area contributed by atoms with Gasteiger partial charge in [0.2, 0.25) is 5.75 Å². The molecule has 0 radical (unpaired) electrons. The predicted octanol–water partition coefficient (Wildman–Crippen LogP) is 1.07. The topological polar surface area (TPSA) is 68.2 Å². The first kappa shape index (κ1) is 15.4. The second-order valence-corrected chi connectivity index (χ2v) is 4.89. The van der Waals surface area contributed by atoms with Gasteiger partial charge in [0, 0.05) is 13.1 Å². The molecule has 1 N–H and O–H groups in total. The van der Waals surface area contributed by atoms with Crippen molar-refractivity contribution in [3.05, 3.63) is 18.2 Å². The van der Waals surface area contributed by atoms with Crippen LogP contribution < -0.4 is 14.2 Å². The van der Waals surface area contributed by atoms with Gasteiger partial charge >= 0.3 is 0 Å². The number of carbonyl (C=O) groups is 1. The Morgan fingerprint density at radius 2 is 1.90 bits per heavy atom. The lowest BCUT2D eigenvalue weighted by molar-refractivity contribution is -0.135. The average Bonchev–Trinajstić information content (AvgIpc) is 2.52. The molecule has 0 saturated carbocycles. The maximum Gasteiger partial charge on any atom is 0.260 e. The quantitative estimate of drug-likeness (QED) is 0.880. The lowest BCUT2D eigenvalue weighted by Crippen LogP contribution is -2.42. The maximum absolute atomic E-state index is 12.1. The Labute approximate surface area is 124 Å². The van der Waals surface area contributed by atoms with Gasteiger partial charge in [-0.05, 0) is 25.0 Å². The molecule has 1 aromatic carbocycles. The van der Waals surface area contributed by atoms with Crippen LogP contribution in [0.3, 0.4) is 0 Å². The van der Waals surface area contributed by atoms with Gasteiger partial charge in [-0.3, -0.25) is 4.79 Å². The molecular weight excluding hydrogens is 274 g/mol. The van der Waals surface area contributed by atoms with Gasteiger partial charge in [-0.25, -0.2) is 0 Å². The van der Waals surface area contributed by atoms with E-state index < -0.39 is 0 Å². The highest BCUT2D eigenvalue weighted by Crippen LogP contribution is 2.36. The number of benzene rings is 1. The molecule has 0 aliphatic carbocycles. The standard InChI is InChI=1S/C15H21NO5/c1-19-12-4-3-5-13(15(12)20-2)21-10-14(18)16-8-6-11(17)7-9-16/h3-5,11,17H,6-10H2,1-2H3. The Morgan fingerprint density at radius 1 is 1.24 bits per heavy atom. The highest BCUT2D eigenvalue weighted by Gasteiger charge is 2.22. The van der Waals surface area contributed by atoms with Crippen LogP contribution in [0.5, 0.6) is 17.2 Å². The lowest BCUT2D eigenvalue weighted by atomic mass is 10.1. The normalized spacial score (nSPS) is 15.7. The molecule has 1 aliphatic heterocycles. The third-order valence-corrected chi connectivity index (χ3v) is 3.54. The predicted molar refractivity (Wildman–Crippen MR) is 76.9 cm³/mol. The summed E-state index contributed by atoms with van der Waals surface area (Å²) in [6.45, 7) is 1.08. The number of aliphatic hydroxyl groups excluding tert-OH is 1. The monoisotopic (exact) mass is 295 g/mol. The van der Waals surface area contributed by atoms with Crippen molar-refractivity contribution in [3.63, 3.8) is 0 Å². The van der Waals surface area contributed by atoms with Gasteiger partial charge in [-0.1, -0.05) is 6.07 Å². The van der Waals surface area contributed by atoms with Crippen LogP contribution in [0.4, 0.5) is 0 Å². The third kappa shape index (κ3) is 3.78. The van der Waals surface area contributed by atoms with E-state index >= 15 is 0 Å². The van der Waals surface area contributed by atoms with Crippen LogP contribution in [0, 0.1) is 0 Å². The van der Waals surface area contributed by atoms with Crippen LogP contribution in [0.15, 0.2) is 18.2 Å². The fourth-order valence-corrected chi connectivity index (χ4v) is 2.32. The van der Waals surface area contributed by atoms with Crippen molar-refractivity contribution >= 4 is 5.91 Å². The van der Waals surface area contributed by atoms with Gasteiger partial charge in [-0.15, -0.1) is 0 Å². The molecule has 1 aromatic rings. The van der Waals surface area contributed by atoms with Gasteiger partial charge in [0.1, 0.15) is 0 Å². The Morgan fingerprint density at radius 3 is 2.52 bits per heavy atom. The number of rotatable bonds is 5. The molecule has 2 rings (SSSR count). The van der Waals surface area contributed by atoms with Crippen molar-refractivity contribution in [3.8, 4) is 17.2 Å². The zero-order valence-electron chi connectivity index (χ0n) is 12.4. The summed E-state index contributed by atoms with van der Waals surface area (Å²) < 4.78 is 16.0. The van der Waals surface area contributed by atoms with Gasteiger partial charge < -0.3 is 24.2 Å². The Hall–Kier alpha value is -1.95. The largest absolute Gasteiger partial charge is 0.493 e. The second kappa shape index (κ2) is 7.17. The molecule has 1 fully saturated rings. The molecule has 0 bridgehead atoms. The van der Waals surface area contributed by atoms with Crippen molar-refractivity contribution in [2.24, 2.45) is 0 Å². The van der Waals surface area contributed by atoms with Gasteiger partial charge in [0.05, 0.1) is 20.3 Å². The number of ether oxygens (including phenoxy) is 3. The molecule has 0 atom stereocenters. The minimum Gasteiger partial charge on any atom is -0.493 e. The van der Waals surface area contributed by atoms with E-state index in [1.807, 2.05) is 0 Å². The number of piperidine rings is 1. The Kier molecular flexibility index (Phi) is 5.27. The minimum atomic E-state index is -0.298. The summed E-state index contributed by atoms with van der Waals surface area (Å²) in [4.78, 5) is 13.8. The fourth-order valence-electron chi connectivity index (χ4n) is 2.32. The molecule has 1 heterocycles. The number of aliphatic hydroxyl groups is 1. The fraction of sp³-hybridized carbons (Fsp3) is 0.533.